The third-order valence-electron chi connectivity index (χ3n) is 3.16. The van der Waals surface area contributed by atoms with Crippen LogP contribution in [0, 0.1) is 0 Å². The van der Waals surface area contributed by atoms with Gasteiger partial charge in [-0.25, -0.2) is 4.98 Å². The first kappa shape index (κ1) is 14.7. The molecule has 0 saturated heterocycles. The van der Waals surface area contributed by atoms with Crippen LogP contribution in [-0.4, -0.2) is 11.0 Å². The maximum atomic E-state index is 12.2. The van der Waals surface area contributed by atoms with Crippen molar-refractivity contribution in [1.29, 1.82) is 0 Å². The van der Waals surface area contributed by atoms with E-state index in [1.165, 1.54) is 0 Å². The van der Waals surface area contributed by atoms with Crippen molar-refractivity contribution in [2.75, 3.05) is 0 Å². The first-order valence-electron chi connectivity index (χ1n) is 6.89. The van der Waals surface area contributed by atoms with E-state index in [1.54, 1.807) is 11.3 Å². The maximum absolute atomic E-state index is 12.2. The molecule has 0 fully saturated rings. The van der Waals surface area contributed by atoms with Gasteiger partial charge >= 0.3 is 5.97 Å². The van der Waals surface area contributed by atoms with Crippen molar-refractivity contribution in [3.05, 3.63) is 52.0 Å². The summed E-state index contributed by atoms with van der Waals surface area (Å²) in [6.07, 6.45) is 1.65. The highest BCUT2D eigenvalue weighted by molar-refractivity contribution is 7.09. The summed E-state index contributed by atoms with van der Waals surface area (Å²) in [7, 11) is 0. The first-order chi connectivity index (χ1) is 9.74. The number of ether oxygens (including phenoxy) is 1. The average molecular weight is 289 g/mol. The number of benzene rings is 1. The van der Waals surface area contributed by atoms with Crippen LogP contribution in [0.4, 0.5) is 0 Å². The smallest absolute Gasteiger partial charge is 0.313 e. The van der Waals surface area contributed by atoms with Crippen LogP contribution in [0.25, 0.3) is 0 Å². The molecule has 0 bridgehead atoms. The molecule has 1 aromatic carbocycles. The Morgan fingerprint density at radius 2 is 2.05 bits per heavy atom. The molecule has 106 valence electrons. The molecule has 0 amide bonds. The Kier molecular flexibility index (Phi) is 5.30. The number of rotatable bonds is 6. The number of hydrogen-bond donors (Lipinski definition) is 0. The van der Waals surface area contributed by atoms with Crippen molar-refractivity contribution in [3.63, 3.8) is 0 Å². The van der Waals surface area contributed by atoms with Gasteiger partial charge in [-0.2, -0.15) is 0 Å². The second kappa shape index (κ2) is 7.20. The summed E-state index contributed by atoms with van der Waals surface area (Å²) in [6, 6.07) is 9.77. The molecule has 1 unspecified atom stereocenters. The quantitative estimate of drug-likeness (QED) is 0.756. The Bertz CT molecular complexity index is 551. The molecular formula is C16H19NO2S. The lowest BCUT2D eigenvalue weighted by Gasteiger charge is -2.13. The lowest BCUT2D eigenvalue weighted by atomic mass is 9.97. The van der Waals surface area contributed by atoms with Crippen molar-refractivity contribution in [2.24, 2.45) is 0 Å². The summed E-state index contributed by atoms with van der Waals surface area (Å²) in [5, 5.41) is 3.03. The Morgan fingerprint density at radius 3 is 2.65 bits per heavy atom. The molecule has 0 radical (unpaired) electrons. The predicted molar refractivity (Wildman–Crippen MR) is 80.8 cm³/mol. The summed E-state index contributed by atoms with van der Waals surface area (Å²) in [5.41, 5.74) is 1.84. The molecule has 2 aromatic rings. The summed E-state index contributed by atoms with van der Waals surface area (Å²) >= 11 is 1.61. The van der Waals surface area contributed by atoms with E-state index in [-0.39, 0.29) is 18.5 Å². The van der Waals surface area contributed by atoms with Crippen molar-refractivity contribution in [3.8, 4) is 0 Å². The van der Waals surface area contributed by atoms with Gasteiger partial charge in [0.05, 0.1) is 16.6 Å². The van der Waals surface area contributed by atoms with E-state index in [4.69, 9.17) is 4.74 Å². The SMILES string of the molecule is CCc1nc(COC(=O)C(CC)c2ccccc2)cs1. The van der Waals surface area contributed by atoms with E-state index >= 15 is 0 Å². The van der Waals surface area contributed by atoms with Crippen LogP contribution in [0.5, 0.6) is 0 Å². The van der Waals surface area contributed by atoms with Gasteiger partial charge in [-0.3, -0.25) is 4.79 Å². The second-order valence-electron chi connectivity index (χ2n) is 4.57. The summed E-state index contributed by atoms with van der Waals surface area (Å²) in [4.78, 5) is 16.6. The fraction of sp³-hybridized carbons (Fsp3) is 0.375. The van der Waals surface area contributed by atoms with E-state index in [0.717, 1.165) is 29.1 Å². The van der Waals surface area contributed by atoms with Gasteiger partial charge in [0, 0.05) is 5.38 Å². The minimum absolute atomic E-state index is 0.176. The van der Waals surface area contributed by atoms with Gasteiger partial charge in [-0.05, 0) is 18.4 Å². The molecule has 0 spiro atoms. The molecule has 0 N–H and O–H groups in total. The van der Waals surface area contributed by atoms with Crippen molar-refractivity contribution < 1.29 is 9.53 Å². The summed E-state index contributed by atoms with van der Waals surface area (Å²) in [5.74, 6) is -0.370. The van der Waals surface area contributed by atoms with Crippen LogP contribution < -0.4 is 0 Å². The van der Waals surface area contributed by atoms with Crippen LogP contribution in [0.1, 0.15) is 42.5 Å². The number of carbonyl (C=O) groups is 1. The Labute approximate surface area is 123 Å². The van der Waals surface area contributed by atoms with Crippen LogP contribution in [0.2, 0.25) is 0 Å². The van der Waals surface area contributed by atoms with Gasteiger partial charge < -0.3 is 4.74 Å². The van der Waals surface area contributed by atoms with E-state index in [2.05, 4.69) is 11.9 Å². The lowest BCUT2D eigenvalue weighted by molar-refractivity contribution is -0.147. The van der Waals surface area contributed by atoms with Crippen LogP contribution in [0.3, 0.4) is 0 Å². The van der Waals surface area contributed by atoms with E-state index in [1.807, 2.05) is 42.6 Å². The zero-order valence-corrected chi connectivity index (χ0v) is 12.7. The highest BCUT2D eigenvalue weighted by atomic mass is 32.1. The molecule has 0 saturated carbocycles. The molecule has 0 aliphatic carbocycles. The van der Waals surface area contributed by atoms with E-state index in [9.17, 15) is 4.79 Å². The molecule has 1 heterocycles. The van der Waals surface area contributed by atoms with Crippen molar-refractivity contribution >= 4 is 17.3 Å². The minimum atomic E-state index is -0.194. The van der Waals surface area contributed by atoms with Crippen molar-refractivity contribution in [2.45, 2.75) is 39.2 Å². The molecule has 0 aliphatic rings. The summed E-state index contributed by atoms with van der Waals surface area (Å²) in [6.45, 7) is 4.33. The van der Waals surface area contributed by atoms with Crippen LogP contribution in [-0.2, 0) is 22.6 Å². The number of carbonyl (C=O) groups excluding carboxylic acids is 1. The van der Waals surface area contributed by atoms with Gasteiger partial charge in [-0.1, -0.05) is 44.2 Å². The molecule has 20 heavy (non-hydrogen) atoms. The molecule has 3 nitrogen and oxygen atoms in total. The average Bonchev–Trinajstić information content (AvgIpc) is 2.95. The zero-order chi connectivity index (χ0) is 14.4. The molecular weight excluding hydrogens is 270 g/mol. The van der Waals surface area contributed by atoms with Crippen molar-refractivity contribution in [1.82, 2.24) is 4.98 Å². The summed E-state index contributed by atoms with van der Waals surface area (Å²) < 4.78 is 5.40. The fourth-order valence-corrected chi connectivity index (χ4v) is 2.78. The molecule has 1 aromatic heterocycles. The number of hydrogen-bond acceptors (Lipinski definition) is 4. The van der Waals surface area contributed by atoms with Gasteiger partial charge in [0.25, 0.3) is 0 Å². The minimum Gasteiger partial charge on any atom is -0.459 e. The largest absolute Gasteiger partial charge is 0.459 e. The zero-order valence-electron chi connectivity index (χ0n) is 11.8. The van der Waals surface area contributed by atoms with E-state index < -0.39 is 0 Å². The fourth-order valence-electron chi connectivity index (χ4n) is 2.05. The molecule has 4 heteroatoms. The standard InChI is InChI=1S/C16H19NO2S/c1-3-14(12-8-6-5-7-9-12)16(18)19-10-13-11-20-15(4-2)17-13/h5-9,11,14H,3-4,10H2,1-2H3. The maximum Gasteiger partial charge on any atom is 0.313 e. The topological polar surface area (TPSA) is 39.2 Å². The third-order valence-corrected chi connectivity index (χ3v) is 4.20. The molecule has 0 aliphatic heterocycles. The lowest BCUT2D eigenvalue weighted by Crippen LogP contribution is -2.15. The highest BCUT2D eigenvalue weighted by Gasteiger charge is 2.20. The molecule has 1 atom stereocenters. The Balaban J connectivity index is 1.96. The number of aromatic nitrogens is 1. The van der Waals surface area contributed by atoms with Gasteiger partial charge in [0.15, 0.2) is 0 Å². The van der Waals surface area contributed by atoms with E-state index in [0.29, 0.717) is 0 Å². The normalized spacial score (nSPS) is 12.1. The van der Waals surface area contributed by atoms with Gasteiger partial charge in [0.2, 0.25) is 0 Å². The first-order valence-corrected chi connectivity index (χ1v) is 7.77. The number of esters is 1. The van der Waals surface area contributed by atoms with Gasteiger partial charge in [0.1, 0.15) is 6.61 Å². The second-order valence-corrected chi connectivity index (χ2v) is 5.51. The number of thiazole rings is 1. The number of aryl methyl sites for hydroxylation is 1. The van der Waals surface area contributed by atoms with Gasteiger partial charge in [-0.15, -0.1) is 11.3 Å². The van der Waals surface area contributed by atoms with Crippen LogP contribution >= 0.6 is 11.3 Å². The third kappa shape index (κ3) is 3.67. The predicted octanol–water partition coefficient (Wildman–Crippen LogP) is 3.94. The Morgan fingerprint density at radius 1 is 1.30 bits per heavy atom. The highest BCUT2D eigenvalue weighted by Crippen LogP contribution is 2.21. The molecule has 2 rings (SSSR count). The van der Waals surface area contributed by atoms with Crippen LogP contribution in [0.15, 0.2) is 35.7 Å². The Hall–Kier alpha value is -1.68. The number of nitrogens with zero attached hydrogens (tertiary/aromatic N) is 1. The monoisotopic (exact) mass is 289 g/mol.